The first-order valence-corrected chi connectivity index (χ1v) is 9.75. The van der Waals surface area contributed by atoms with Crippen LogP contribution in [0.25, 0.3) is 16.9 Å². The molecule has 0 aromatic carbocycles. The summed E-state index contributed by atoms with van der Waals surface area (Å²) in [6, 6.07) is 5.22. The lowest BCUT2D eigenvalue weighted by Gasteiger charge is -2.18. The Balaban J connectivity index is 1.59. The van der Waals surface area contributed by atoms with Crippen molar-refractivity contribution in [3.05, 3.63) is 48.7 Å². The fourth-order valence-electron chi connectivity index (χ4n) is 3.44. The maximum atomic E-state index is 13.4. The van der Waals surface area contributed by atoms with Crippen LogP contribution < -0.4 is 11.1 Å². The van der Waals surface area contributed by atoms with Crippen molar-refractivity contribution in [2.45, 2.75) is 25.4 Å². The van der Waals surface area contributed by atoms with Gasteiger partial charge in [0.05, 0.1) is 11.6 Å². The second kappa shape index (κ2) is 8.32. The third-order valence-electron chi connectivity index (χ3n) is 5.18. The molecule has 8 nitrogen and oxygen atoms in total. The highest BCUT2D eigenvalue weighted by atomic mass is 19.4. The molecule has 162 valence electrons. The summed E-state index contributed by atoms with van der Waals surface area (Å²) >= 11 is 0. The number of nitrogens with two attached hydrogens (primary N) is 1. The van der Waals surface area contributed by atoms with Crippen LogP contribution in [0, 0.1) is 11.8 Å². The van der Waals surface area contributed by atoms with Crippen molar-refractivity contribution in [3.8, 4) is 11.3 Å². The molecule has 1 atom stereocenters. The summed E-state index contributed by atoms with van der Waals surface area (Å²) in [4.78, 5) is 12.7. The quantitative estimate of drug-likeness (QED) is 0.459. The minimum absolute atomic E-state index is 0.177. The van der Waals surface area contributed by atoms with Crippen molar-refractivity contribution in [2.24, 2.45) is 22.6 Å². The SMILES string of the molecule is CN=C(C=CN)Nc1nccc(-c2ccn3c(C[C@H](C4CC4)C(F)(F)F)nnc3c2)n1. The lowest BCUT2D eigenvalue weighted by Crippen LogP contribution is -2.27. The van der Waals surface area contributed by atoms with Gasteiger partial charge >= 0.3 is 6.18 Å². The number of rotatable bonds is 6. The fourth-order valence-corrected chi connectivity index (χ4v) is 3.44. The first-order chi connectivity index (χ1) is 14.9. The van der Waals surface area contributed by atoms with Crippen LogP contribution in [0.15, 0.2) is 47.9 Å². The summed E-state index contributed by atoms with van der Waals surface area (Å²) in [5.74, 6) is -0.572. The van der Waals surface area contributed by atoms with Gasteiger partial charge in [0.2, 0.25) is 5.95 Å². The lowest BCUT2D eigenvalue weighted by atomic mass is 9.98. The van der Waals surface area contributed by atoms with Gasteiger partial charge in [-0.1, -0.05) is 0 Å². The van der Waals surface area contributed by atoms with Crippen LogP contribution in [-0.2, 0) is 6.42 Å². The highest BCUT2D eigenvalue weighted by Gasteiger charge is 2.49. The second-order valence-corrected chi connectivity index (χ2v) is 7.31. The van der Waals surface area contributed by atoms with E-state index < -0.39 is 12.1 Å². The minimum atomic E-state index is -4.24. The average molecular weight is 430 g/mol. The molecule has 1 fully saturated rings. The van der Waals surface area contributed by atoms with Crippen molar-refractivity contribution >= 4 is 17.4 Å². The van der Waals surface area contributed by atoms with Crippen molar-refractivity contribution < 1.29 is 13.2 Å². The van der Waals surface area contributed by atoms with Gasteiger partial charge in [-0.2, -0.15) is 13.2 Å². The van der Waals surface area contributed by atoms with Gasteiger partial charge in [-0.3, -0.25) is 9.39 Å². The molecule has 1 saturated carbocycles. The van der Waals surface area contributed by atoms with Crippen molar-refractivity contribution in [3.63, 3.8) is 0 Å². The Morgan fingerprint density at radius 1 is 1.35 bits per heavy atom. The average Bonchev–Trinajstić information content (AvgIpc) is 3.50. The molecule has 0 spiro atoms. The Bertz CT molecular complexity index is 1130. The molecule has 3 N–H and O–H groups in total. The molecule has 0 radical (unpaired) electrons. The van der Waals surface area contributed by atoms with Crippen molar-refractivity contribution in [2.75, 3.05) is 12.4 Å². The second-order valence-electron chi connectivity index (χ2n) is 7.31. The van der Waals surface area contributed by atoms with Gasteiger partial charge in [-0.05, 0) is 49.2 Å². The van der Waals surface area contributed by atoms with E-state index >= 15 is 0 Å². The number of anilines is 1. The van der Waals surface area contributed by atoms with E-state index in [0.29, 0.717) is 41.8 Å². The molecule has 1 aliphatic rings. The van der Waals surface area contributed by atoms with Crippen LogP contribution >= 0.6 is 0 Å². The number of aliphatic imine (C=N–C) groups is 1. The van der Waals surface area contributed by atoms with Crippen molar-refractivity contribution in [1.82, 2.24) is 24.6 Å². The first kappa shape index (κ1) is 20.8. The van der Waals surface area contributed by atoms with E-state index in [1.807, 2.05) is 0 Å². The zero-order valence-corrected chi connectivity index (χ0v) is 16.7. The predicted molar refractivity (Wildman–Crippen MR) is 110 cm³/mol. The van der Waals surface area contributed by atoms with Gasteiger partial charge < -0.3 is 11.1 Å². The van der Waals surface area contributed by atoms with E-state index in [0.717, 1.165) is 5.56 Å². The summed E-state index contributed by atoms with van der Waals surface area (Å²) in [5, 5.41) is 11.0. The number of hydrogen-bond acceptors (Lipinski definition) is 6. The first-order valence-electron chi connectivity index (χ1n) is 9.75. The maximum Gasteiger partial charge on any atom is 0.392 e. The molecular weight excluding hydrogens is 409 g/mol. The maximum absolute atomic E-state index is 13.4. The van der Waals surface area contributed by atoms with E-state index in [1.165, 1.54) is 6.20 Å². The highest BCUT2D eigenvalue weighted by Crippen LogP contribution is 2.46. The Hall–Kier alpha value is -3.50. The van der Waals surface area contributed by atoms with E-state index in [1.54, 1.807) is 48.1 Å². The molecule has 0 unspecified atom stereocenters. The smallest absolute Gasteiger partial charge is 0.392 e. The number of hydrogen-bond donors (Lipinski definition) is 2. The van der Waals surface area contributed by atoms with Crippen LogP contribution in [0.5, 0.6) is 0 Å². The lowest BCUT2D eigenvalue weighted by molar-refractivity contribution is -0.180. The Morgan fingerprint density at radius 3 is 2.84 bits per heavy atom. The van der Waals surface area contributed by atoms with Crippen LogP contribution in [0.4, 0.5) is 19.1 Å². The van der Waals surface area contributed by atoms with Crippen LogP contribution in [0.1, 0.15) is 18.7 Å². The summed E-state index contributed by atoms with van der Waals surface area (Å²) in [6.45, 7) is 0. The van der Waals surface area contributed by atoms with Crippen LogP contribution in [0.3, 0.4) is 0 Å². The van der Waals surface area contributed by atoms with Gasteiger partial charge in [0.25, 0.3) is 0 Å². The molecule has 0 amide bonds. The predicted octanol–water partition coefficient (Wildman–Crippen LogP) is 3.23. The topological polar surface area (TPSA) is 106 Å². The molecule has 1 aliphatic carbocycles. The number of nitrogens with one attached hydrogen (secondary N) is 1. The molecule has 31 heavy (non-hydrogen) atoms. The summed E-state index contributed by atoms with van der Waals surface area (Å²) in [5.41, 5.74) is 7.19. The molecule has 11 heteroatoms. The van der Waals surface area contributed by atoms with Gasteiger partial charge in [-0.15, -0.1) is 10.2 Å². The van der Waals surface area contributed by atoms with Gasteiger partial charge in [-0.25, -0.2) is 9.97 Å². The molecular formula is C20H21F3N8. The Kier molecular flexibility index (Phi) is 5.57. The van der Waals surface area contributed by atoms with Gasteiger partial charge in [0.15, 0.2) is 5.65 Å². The van der Waals surface area contributed by atoms with Gasteiger partial charge in [0.1, 0.15) is 11.7 Å². The largest absolute Gasteiger partial charge is 0.404 e. The van der Waals surface area contributed by atoms with E-state index in [4.69, 9.17) is 5.73 Å². The number of alkyl halides is 3. The Labute approximate surface area is 176 Å². The number of aromatic nitrogens is 5. The third kappa shape index (κ3) is 4.65. The standard InChI is InChI=1S/C20H21F3N8/c1-25-16(4-7-24)28-19-26-8-5-15(27-19)13-6-9-31-17(10-13)29-30-18(31)11-14(12-2-3-12)20(21,22)23/h4-10,12,14H,2-3,11,24H2,1H3,(H,25,26,27,28)/t14-/m1/s1. The number of nitrogens with zero attached hydrogens (tertiary/aromatic N) is 6. The monoisotopic (exact) mass is 430 g/mol. The summed E-state index contributed by atoms with van der Waals surface area (Å²) < 4.78 is 41.8. The number of halogens is 3. The molecule has 0 bridgehead atoms. The van der Waals surface area contributed by atoms with Crippen LogP contribution in [-0.4, -0.2) is 43.6 Å². The number of amidine groups is 1. The molecule has 4 rings (SSSR count). The zero-order valence-electron chi connectivity index (χ0n) is 16.7. The zero-order chi connectivity index (χ0) is 22.0. The molecule has 0 saturated heterocycles. The summed E-state index contributed by atoms with van der Waals surface area (Å²) in [7, 11) is 1.61. The fraction of sp³-hybridized carbons (Fsp3) is 0.350. The van der Waals surface area contributed by atoms with Crippen molar-refractivity contribution in [1.29, 1.82) is 0 Å². The van der Waals surface area contributed by atoms with E-state index in [2.05, 4.69) is 30.5 Å². The van der Waals surface area contributed by atoms with Crippen LogP contribution in [0.2, 0.25) is 0 Å². The summed E-state index contributed by atoms with van der Waals surface area (Å²) in [6.07, 6.45) is 3.00. The molecule has 3 heterocycles. The molecule has 3 aromatic heterocycles. The normalized spacial score (nSPS) is 16.2. The third-order valence-corrected chi connectivity index (χ3v) is 5.18. The number of fused-ring (bicyclic) bond motifs is 1. The Morgan fingerprint density at radius 2 is 2.16 bits per heavy atom. The van der Waals surface area contributed by atoms with Gasteiger partial charge in [0, 0.05) is 31.4 Å². The van der Waals surface area contributed by atoms with E-state index in [9.17, 15) is 13.2 Å². The number of pyridine rings is 1. The highest BCUT2D eigenvalue weighted by molar-refractivity contribution is 6.02. The minimum Gasteiger partial charge on any atom is -0.404 e. The molecule has 3 aromatic rings. The molecule has 0 aliphatic heterocycles. The van der Waals surface area contributed by atoms with E-state index in [-0.39, 0.29) is 12.3 Å².